The minimum absolute atomic E-state index is 0.0164. The fourth-order valence-corrected chi connectivity index (χ4v) is 1.10. The van der Waals surface area contributed by atoms with Gasteiger partial charge in [0.15, 0.2) is 5.78 Å². The minimum Gasteiger partial charge on any atom is -0.290 e. The number of ketones is 1. The molecule has 0 bridgehead atoms. The molecular weight excluding hydrogens is 148 g/mol. The zero-order valence-electron chi connectivity index (χ0n) is 7.00. The molecule has 12 heavy (non-hydrogen) atoms. The summed E-state index contributed by atoms with van der Waals surface area (Å²) in [6, 6.07) is 0. The Morgan fingerprint density at radius 3 is 2.83 bits per heavy atom. The first-order valence-corrected chi connectivity index (χ1v) is 3.68. The van der Waals surface area contributed by atoms with E-state index in [0.717, 1.165) is 0 Å². The SMILES string of the molecule is C#CC1(C=C)C=CC(=O)C(C)=C1. The Hall–Kier alpha value is -1.55. The maximum absolute atomic E-state index is 11.1. The van der Waals surface area contributed by atoms with Crippen LogP contribution < -0.4 is 0 Å². The first-order valence-electron chi connectivity index (χ1n) is 3.68. The van der Waals surface area contributed by atoms with Crippen molar-refractivity contribution in [3.05, 3.63) is 36.5 Å². The molecule has 1 rings (SSSR count). The summed E-state index contributed by atoms with van der Waals surface area (Å²) in [6.07, 6.45) is 11.9. The maximum Gasteiger partial charge on any atom is 0.181 e. The van der Waals surface area contributed by atoms with Crippen molar-refractivity contribution in [1.29, 1.82) is 0 Å². The van der Waals surface area contributed by atoms with Crippen molar-refractivity contribution in [2.24, 2.45) is 5.41 Å². The maximum atomic E-state index is 11.1. The molecule has 0 saturated heterocycles. The van der Waals surface area contributed by atoms with Crippen LogP contribution in [0.5, 0.6) is 0 Å². The number of rotatable bonds is 1. The van der Waals surface area contributed by atoms with E-state index in [1.165, 1.54) is 6.08 Å². The fourth-order valence-electron chi connectivity index (χ4n) is 1.10. The monoisotopic (exact) mass is 158 g/mol. The van der Waals surface area contributed by atoms with Gasteiger partial charge in [-0.25, -0.2) is 0 Å². The molecule has 0 amide bonds. The highest BCUT2D eigenvalue weighted by atomic mass is 16.1. The number of hydrogen-bond acceptors (Lipinski definition) is 1. The van der Waals surface area contributed by atoms with Crippen LogP contribution in [0.2, 0.25) is 0 Å². The molecular formula is C11H10O. The second kappa shape index (κ2) is 2.83. The zero-order chi connectivity index (χ0) is 9.19. The molecule has 1 nitrogen and oxygen atoms in total. The fraction of sp³-hybridized carbons (Fsp3) is 0.182. The number of carbonyl (C=O) groups excluding carboxylic acids is 1. The Kier molecular flexibility index (Phi) is 2.01. The van der Waals surface area contributed by atoms with Gasteiger partial charge in [-0.3, -0.25) is 4.79 Å². The molecule has 1 aliphatic carbocycles. The Morgan fingerprint density at radius 1 is 1.75 bits per heavy atom. The van der Waals surface area contributed by atoms with E-state index >= 15 is 0 Å². The topological polar surface area (TPSA) is 17.1 Å². The summed E-state index contributed by atoms with van der Waals surface area (Å²) < 4.78 is 0. The minimum atomic E-state index is -0.558. The van der Waals surface area contributed by atoms with Crippen molar-refractivity contribution in [3.63, 3.8) is 0 Å². The lowest BCUT2D eigenvalue weighted by Gasteiger charge is -2.19. The van der Waals surface area contributed by atoms with Crippen molar-refractivity contribution in [2.45, 2.75) is 6.92 Å². The molecule has 1 aliphatic rings. The summed E-state index contributed by atoms with van der Waals surface area (Å²) >= 11 is 0. The van der Waals surface area contributed by atoms with Gasteiger partial charge in [-0.2, -0.15) is 0 Å². The molecule has 0 aromatic heterocycles. The van der Waals surface area contributed by atoms with Gasteiger partial charge in [0.25, 0.3) is 0 Å². The van der Waals surface area contributed by atoms with Gasteiger partial charge in [0.1, 0.15) is 0 Å². The van der Waals surface area contributed by atoms with Gasteiger partial charge in [0, 0.05) is 0 Å². The predicted octanol–water partition coefficient (Wildman–Crippen LogP) is 1.88. The average molecular weight is 158 g/mol. The van der Waals surface area contributed by atoms with Gasteiger partial charge in [0.05, 0.1) is 5.41 Å². The normalized spacial score (nSPS) is 27.7. The zero-order valence-corrected chi connectivity index (χ0v) is 7.00. The van der Waals surface area contributed by atoms with E-state index in [0.29, 0.717) is 5.57 Å². The lowest BCUT2D eigenvalue weighted by molar-refractivity contribution is -0.111. The molecule has 0 fully saturated rings. The lowest BCUT2D eigenvalue weighted by Crippen LogP contribution is -2.15. The Balaban J connectivity index is 3.15. The third kappa shape index (κ3) is 1.24. The molecule has 1 atom stereocenters. The van der Waals surface area contributed by atoms with Crippen molar-refractivity contribution < 1.29 is 4.79 Å². The van der Waals surface area contributed by atoms with Crippen LogP contribution in [-0.2, 0) is 4.79 Å². The van der Waals surface area contributed by atoms with Crippen molar-refractivity contribution in [2.75, 3.05) is 0 Å². The van der Waals surface area contributed by atoms with E-state index in [1.807, 2.05) is 0 Å². The summed E-state index contributed by atoms with van der Waals surface area (Å²) in [5.74, 6) is 2.60. The molecule has 1 heteroatoms. The molecule has 0 aromatic carbocycles. The van der Waals surface area contributed by atoms with Gasteiger partial charge >= 0.3 is 0 Å². The van der Waals surface area contributed by atoms with Gasteiger partial charge in [-0.15, -0.1) is 13.0 Å². The quantitative estimate of drug-likeness (QED) is 0.420. The van der Waals surface area contributed by atoms with Crippen LogP contribution in [0.1, 0.15) is 6.92 Å². The van der Waals surface area contributed by atoms with E-state index in [2.05, 4.69) is 12.5 Å². The number of allylic oxidation sites excluding steroid dienone is 5. The summed E-state index contributed by atoms with van der Waals surface area (Å²) in [4.78, 5) is 11.1. The second-order valence-electron chi connectivity index (χ2n) is 2.81. The van der Waals surface area contributed by atoms with E-state index in [4.69, 9.17) is 6.42 Å². The van der Waals surface area contributed by atoms with Crippen molar-refractivity contribution in [3.8, 4) is 12.3 Å². The highest BCUT2D eigenvalue weighted by Gasteiger charge is 2.22. The van der Waals surface area contributed by atoms with Gasteiger partial charge in [-0.05, 0) is 18.6 Å². The molecule has 0 spiro atoms. The lowest BCUT2D eigenvalue weighted by atomic mass is 9.82. The molecule has 0 radical (unpaired) electrons. The second-order valence-corrected chi connectivity index (χ2v) is 2.81. The van der Waals surface area contributed by atoms with Gasteiger partial charge in [0.2, 0.25) is 0 Å². The van der Waals surface area contributed by atoms with Crippen LogP contribution in [0, 0.1) is 17.8 Å². The van der Waals surface area contributed by atoms with Gasteiger partial charge < -0.3 is 0 Å². The van der Waals surface area contributed by atoms with E-state index < -0.39 is 5.41 Å². The van der Waals surface area contributed by atoms with E-state index in [-0.39, 0.29) is 5.78 Å². The number of hydrogen-bond donors (Lipinski definition) is 0. The third-order valence-electron chi connectivity index (χ3n) is 1.94. The Bertz CT molecular complexity index is 325. The van der Waals surface area contributed by atoms with Crippen LogP contribution in [0.4, 0.5) is 0 Å². The molecule has 0 aliphatic heterocycles. The predicted molar refractivity (Wildman–Crippen MR) is 49.4 cm³/mol. The summed E-state index contributed by atoms with van der Waals surface area (Å²) in [7, 11) is 0. The van der Waals surface area contributed by atoms with Crippen LogP contribution in [0.25, 0.3) is 0 Å². The van der Waals surface area contributed by atoms with Crippen LogP contribution in [-0.4, -0.2) is 5.78 Å². The standard InChI is InChI=1S/C11H10O/c1-4-11(5-2)7-6-10(12)9(3)8-11/h1,5-8H,2H2,3H3. The molecule has 0 N–H and O–H groups in total. The van der Waals surface area contributed by atoms with Crippen molar-refractivity contribution in [1.82, 2.24) is 0 Å². The molecule has 1 unspecified atom stereocenters. The summed E-state index contributed by atoms with van der Waals surface area (Å²) in [5.41, 5.74) is 0.119. The Labute approximate surface area is 72.5 Å². The van der Waals surface area contributed by atoms with E-state index in [9.17, 15) is 4.79 Å². The number of terminal acetylenes is 1. The summed E-state index contributed by atoms with van der Waals surface area (Å²) in [5, 5.41) is 0. The van der Waals surface area contributed by atoms with Crippen LogP contribution in [0.15, 0.2) is 36.5 Å². The summed E-state index contributed by atoms with van der Waals surface area (Å²) in [6.45, 7) is 5.39. The highest BCUT2D eigenvalue weighted by Crippen LogP contribution is 2.27. The number of carbonyl (C=O) groups is 1. The Morgan fingerprint density at radius 2 is 2.42 bits per heavy atom. The first kappa shape index (κ1) is 8.55. The smallest absolute Gasteiger partial charge is 0.181 e. The third-order valence-corrected chi connectivity index (χ3v) is 1.94. The molecule has 60 valence electrons. The van der Waals surface area contributed by atoms with Crippen LogP contribution >= 0.6 is 0 Å². The van der Waals surface area contributed by atoms with Crippen LogP contribution in [0.3, 0.4) is 0 Å². The molecule has 0 heterocycles. The largest absolute Gasteiger partial charge is 0.290 e. The van der Waals surface area contributed by atoms with Crippen molar-refractivity contribution >= 4 is 5.78 Å². The molecule has 0 saturated carbocycles. The van der Waals surface area contributed by atoms with E-state index in [1.54, 1.807) is 25.2 Å². The highest BCUT2D eigenvalue weighted by molar-refractivity contribution is 6.05. The first-order chi connectivity index (χ1) is 5.63. The van der Waals surface area contributed by atoms with Gasteiger partial charge in [-0.1, -0.05) is 24.1 Å². The average Bonchev–Trinajstić information content (AvgIpc) is 2.10. The molecule has 0 aromatic rings.